The van der Waals surface area contributed by atoms with E-state index in [-0.39, 0.29) is 35.1 Å². The number of rotatable bonds is 3. The summed E-state index contributed by atoms with van der Waals surface area (Å²) in [4.78, 5) is 0. The van der Waals surface area contributed by atoms with Crippen molar-refractivity contribution in [1.29, 1.82) is 10.7 Å². The van der Waals surface area contributed by atoms with Gasteiger partial charge in [-0.25, -0.2) is 0 Å². The van der Waals surface area contributed by atoms with Gasteiger partial charge >= 0.3 is 0 Å². The molecule has 2 aliphatic heterocycles. The third-order valence-electron chi connectivity index (χ3n) is 5.33. The third kappa shape index (κ3) is 2.92. The van der Waals surface area contributed by atoms with E-state index in [4.69, 9.17) is 36.0 Å². The average molecular weight is 439 g/mol. The van der Waals surface area contributed by atoms with Crippen molar-refractivity contribution in [3.63, 3.8) is 0 Å². The number of methoxy groups -OCH3 is 1. The maximum Gasteiger partial charge on any atom is 0.244 e. The van der Waals surface area contributed by atoms with Crippen LogP contribution in [-0.4, -0.2) is 35.1 Å². The zero-order chi connectivity index (χ0) is 21.7. The van der Waals surface area contributed by atoms with E-state index in [1.807, 2.05) is 6.07 Å². The molecule has 3 aromatic rings. The minimum absolute atomic E-state index is 0.0683. The van der Waals surface area contributed by atoms with E-state index in [1.165, 1.54) is 7.11 Å². The second-order valence-electron chi connectivity index (χ2n) is 6.99. The van der Waals surface area contributed by atoms with Crippen molar-refractivity contribution in [2.24, 2.45) is 5.92 Å². The molecule has 156 valence electrons. The first kappa shape index (κ1) is 19.1. The molecule has 9 nitrogen and oxygen atoms in total. The Morgan fingerprint density at radius 2 is 2.10 bits per heavy atom. The summed E-state index contributed by atoms with van der Waals surface area (Å²) in [5.41, 5.74) is 2.51. The zero-order valence-corrected chi connectivity index (χ0v) is 16.9. The molecule has 1 aromatic heterocycles. The molecule has 10 heteroatoms. The van der Waals surface area contributed by atoms with Crippen molar-refractivity contribution in [2.45, 2.75) is 5.92 Å². The lowest BCUT2D eigenvalue weighted by molar-refractivity contribution is 0.174. The average Bonchev–Trinajstić information content (AvgIpc) is 3.40. The summed E-state index contributed by atoms with van der Waals surface area (Å²) >= 11 is 6.21. The number of phenols is 1. The molecule has 0 bridgehead atoms. The lowest BCUT2D eigenvalue weighted by Crippen LogP contribution is -2.30. The molecule has 2 aromatic carbocycles. The number of nitrogens with one attached hydrogen (secondary N) is 2. The molecule has 3 heterocycles. The van der Waals surface area contributed by atoms with Gasteiger partial charge in [0.1, 0.15) is 5.92 Å². The normalized spacial score (nSPS) is 18.8. The van der Waals surface area contributed by atoms with E-state index in [9.17, 15) is 10.4 Å². The van der Waals surface area contributed by atoms with Crippen molar-refractivity contribution < 1.29 is 24.1 Å². The number of aromatic amines is 1. The number of aromatic nitrogens is 2. The molecule has 0 radical (unpaired) electrons. The Labute approximate surface area is 181 Å². The molecule has 5 rings (SSSR count). The summed E-state index contributed by atoms with van der Waals surface area (Å²) in [6.45, 7) is 0.144. The highest BCUT2D eigenvalue weighted by Crippen LogP contribution is 2.49. The van der Waals surface area contributed by atoms with Crippen molar-refractivity contribution in [2.75, 3.05) is 13.9 Å². The number of phenolic OH excluding ortho intramolecular Hbond substituents is 1. The fraction of sp³-hybridized carbons (Fsp3) is 0.190. The first-order valence-electron chi connectivity index (χ1n) is 9.22. The van der Waals surface area contributed by atoms with Gasteiger partial charge in [-0.15, -0.1) is 5.10 Å². The van der Waals surface area contributed by atoms with Crippen LogP contribution < -0.4 is 18.9 Å². The number of aromatic hydroxyl groups is 1. The molecule has 0 saturated carbocycles. The van der Waals surface area contributed by atoms with Crippen LogP contribution in [0.15, 0.2) is 30.3 Å². The fourth-order valence-electron chi connectivity index (χ4n) is 3.88. The minimum Gasteiger partial charge on any atom is -0.503 e. The van der Waals surface area contributed by atoms with E-state index in [0.29, 0.717) is 28.3 Å². The minimum atomic E-state index is -0.942. The first-order chi connectivity index (χ1) is 15.0. The fourth-order valence-corrected chi connectivity index (χ4v) is 4.10. The monoisotopic (exact) mass is 438 g/mol. The molecule has 0 aliphatic carbocycles. The highest BCUT2D eigenvalue weighted by molar-refractivity contribution is 6.32. The van der Waals surface area contributed by atoms with Crippen LogP contribution in [0.4, 0.5) is 0 Å². The lowest BCUT2D eigenvalue weighted by Gasteiger charge is -2.28. The van der Waals surface area contributed by atoms with Crippen LogP contribution in [0.1, 0.15) is 17.0 Å². The molecule has 2 unspecified atom stereocenters. The quantitative estimate of drug-likeness (QED) is 0.566. The molecule has 31 heavy (non-hydrogen) atoms. The Morgan fingerprint density at radius 1 is 1.29 bits per heavy atom. The molecule has 0 saturated heterocycles. The Morgan fingerprint density at radius 3 is 2.87 bits per heavy atom. The van der Waals surface area contributed by atoms with Crippen molar-refractivity contribution in [3.05, 3.63) is 46.5 Å². The van der Waals surface area contributed by atoms with Crippen LogP contribution in [0.2, 0.25) is 5.02 Å². The van der Waals surface area contributed by atoms with Crippen molar-refractivity contribution >= 4 is 17.5 Å². The van der Waals surface area contributed by atoms with E-state index >= 15 is 0 Å². The van der Waals surface area contributed by atoms with Crippen LogP contribution in [0.25, 0.3) is 11.3 Å². The topological polar surface area (TPSA) is 133 Å². The largest absolute Gasteiger partial charge is 0.503 e. The standard InChI is InChI=1S/C21H15ClN4O5/c1-28-15-6-10(4-12(22)19(15)27)16-11(7-23)20(24)31-21-17(16)18(25-26-21)9-2-3-13-14(5-9)30-8-29-13/h2-6,11,16,24,27H,8H2,1H3,(H,25,26). The lowest BCUT2D eigenvalue weighted by atomic mass is 9.78. The molecule has 0 spiro atoms. The first-order valence-corrected chi connectivity index (χ1v) is 9.60. The van der Waals surface area contributed by atoms with Crippen molar-refractivity contribution in [3.8, 4) is 46.2 Å². The Hall–Kier alpha value is -3.90. The van der Waals surface area contributed by atoms with Gasteiger partial charge in [-0.05, 0) is 35.9 Å². The Kier molecular flexibility index (Phi) is 4.38. The van der Waals surface area contributed by atoms with E-state index in [2.05, 4.69) is 16.3 Å². The van der Waals surface area contributed by atoms with Gasteiger partial charge in [0.25, 0.3) is 0 Å². The number of halogens is 1. The van der Waals surface area contributed by atoms with Crippen molar-refractivity contribution in [1.82, 2.24) is 10.2 Å². The smallest absolute Gasteiger partial charge is 0.244 e. The van der Waals surface area contributed by atoms with Crippen LogP contribution in [0.3, 0.4) is 0 Å². The summed E-state index contributed by atoms with van der Waals surface area (Å²) in [5, 5.41) is 35.4. The Balaban J connectivity index is 1.72. The SMILES string of the molecule is COc1cc(C2c3c(n[nH]c3-c3ccc4c(c3)OCO4)OC(=N)C2C#N)cc(Cl)c1O. The number of hydrogen-bond acceptors (Lipinski definition) is 8. The van der Waals surface area contributed by atoms with Crippen LogP contribution in [0, 0.1) is 22.7 Å². The maximum absolute atomic E-state index is 10.1. The number of ether oxygens (including phenoxy) is 4. The molecule has 3 N–H and O–H groups in total. The second kappa shape index (κ2) is 7.11. The number of nitriles is 1. The summed E-state index contributed by atoms with van der Waals surface area (Å²) in [6, 6.07) is 10.7. The third-order valence-corrected chi connectivity index (χ3v) is 5.62. The van der Waals surface area contributed by atoms with E-state index in [0.717, 1.165) is 5.56 Å². The van der Waals surface area contributed by atoms with Gasteiger partial charge in [-0.3, -0.25) is 10.5 Å². The molecule has 2 atom stereocenters. The van der Waals surface area contributed by atoms with Crippen LogP contribution in [-0.2, 0) is 0 Å². The van der Waals surface area contributed by atoms with Gasteiger partial charge in [0.15, 0.2) is 23.0 Å². The highest BCUT2D eigenvalue weighted by atomic mass is 35.5. The summed E-state index contributed by atoms with van der Waals surface area (Å²) < 4.78 is 21.6. The molecular weight excluding hydrogens is 424 g/mol. The van der Waals surface area contributed by atoms with Gasteiger partial charge in [-0.1, -0.05) is 11.6 Å². The zero-order valence-electron chi connectivity index (χ0n) is 16.1. The summed E-state index contributed by atoms with van der Waals surface area (Å²) in [6.07, 6.45) is 0. The van der Waals surface area contributed by atoms with Gasteiger partial charge < -0.3 is 24.1 Å². The molecule has 0 amide bonds. The predicted octanol–water partition coefficient (Wildman–Crippen LogP) is 3.81. The molecule has 2 aliphatic rings. The number of benzene rings is 2. The summed E-state index contributed by atoms with van der Waals surface area (Å²) in [7, 11) is 1.41. The maximum atomic E-state index is 10.1. The Bertz CT molecular complexity index is 1270. The number of hydrogen-bond donors (Lipinski definition) is 3. The molecule has 0 fully saturated rings. The number of nitrogens with zero attached hydrogens (tertiary/aromatic N) is 2. The molecular formula is C21H15ClN4O5. The van der Waals surface area contributed by atoms with E-state index in [1.54, 1.807) is 24.3 Å². The van der Waals surface area contributed by atoms with Gasteiger partial charge in [0.05, 0.1) is 29.5 Å². The number of fused-ring (bicyclic) bond motifs is 2. The van der Waals surface area contributed by atoms with Gasteiger partial charge in [-0.2, -0.15) is 5.26 Å². The van der Waals surface area contributed by atoms with Gasteiger partial charge in [0.2, 0.25) is 18.6 Å². The van der Waals surface area contributed by atoms with Gasteiger partial charge in [0, 0.05) is 11.5 Å². The number of H-pyrrole nitrogens is 1. The van der Waals surface area contributed by atoms with Crippen LogP contribution in [0.5, 0.6) is 28.9 Å². The van der Waals surface area contributed by atoms with Crippen LogP contribution >= 0.6 is 11.6 Å². The van der Waals surface area contributed by atoms with E-state index < -0.39 is 11.8 Å². The second-order valence-corrected chi connectivity index (χ2v) is 7.40. The highest BCUT2D eigenvalue weighted by Gasteiger charge is 2.41. The predicted molar refractivity (Wildman–Crippen MR) is 109 cm³/mol. The summed E-state index contributed by atoms with van der Waals surface area (Å²) in [5.74, 6) is -0.441.